The molecule has 1 aromatic heterocycles. The van der Waals surface area contributed by atoms with Gasteiger partial charge in [-0.05, 0) is 24.5 Å². The first-order valence-corrected chi connectivity index (χ1v) is 6.85. The van der Waals surface area contributed by atoms with Gasteiger partial charge in [-0.2, -0.15) is 0 Å². The van der Waals surface area contributed by atoms with Crippen molar-refractivity contribution in [2.45, 2.75) is 36.9 Å². The Balaban J connectivity index is 1.99. The van der Waals surface area contributed by atoms with Crippen molar-refractivity contribution in [3.05, 3.63) is 21.9 Å². The molecule has 1 unspecified atom stereocenters. The van der Waals surface area contributed by atoms with Gasteiger partial charge in [-0.1, -0.05) is 22.9 Å². The van der Waals surface area contributed by atoms with Crippen molar-refractivity contribution in [1.82, 2.24) is 0 Å². The summed E-state index contributed by atoms with van der Waals surface area (Å²) in [5, 5.41) is 0. The molecule has 0 N–H and O–H groups in total. The van der Waals surface area contributed by atoms with E-state index in [1.54, 1.807) is 11.3 Å². The van der Waals surface area contributed by atoms with Crippen LogP contribution in [-0.2, 0) is 6.42 Å². The van der Waals surface area contributed by atoms with E-state index < -0.39 is 5.92 Å². The Morgan fingerprint density at radius 3 is 2.67 bits per heavy atom. The van der Waals surface area contributed by atoms with Gasteiger partial charge >= 0.3 is 0 Å². The maximum Gasteiger partial charge on any atom is 0.248 e. The molecule has 0 saturated heterocycles. The average molecular weight is 295 g/mol. The number of rotatable bonds is 3. The topological polar surface area (TPSA) is 0 Å². The molecule has 0 aromatic carbocycles. The molecule has 0 bridgehead atoms. The molecule has 1 aliphatic rings. The molecule has 15 heavy (non-hydrogen) atoms. The highest BCUT2D eigenvalue weighted by molar-refractivity contribution is 9.09. The van der Waals surface area contributed by atoms with Crippen LogP contribution in [0.25, 0.3) is 0 Å². The maximum atomic E-state index is 12.7. The highest BCUT2D eigenvalue weighted by atomic mass is 79.9. The molecule has 0 aliphatic heterocycles. The molecule has 1 saturated carbocycles. The van der Waals surface area contributed by atoms with Crippen LogP contribution in [0.5, 0.6) is 0 Å². The minimum Gasteiger partial charge on any atom is -0.207 e. The van der Waals surface area contributed by atoms with E-state index >= 15 is 0 Å². The van der Waals surface area contributed by atoms with Gasteiger partial charge in [0.25, 0.3) is 0 Å². The first kappa shape index (κ1) is 11.5. The summed E-state index contributed by atoms with van der Waals surface area (Å²) < 4.78 is 25.4. The van der Waals surface area contributed by atoms with Crippen LogP contribution in [0.4, 0.5) is 8.78 Å². The third kappa shape index (κ3) is 2.41. The summed E-state index contributed by atoms with van der Waals surface area (Å²) >= 11 is 5.26. The molecule has 1 aromatic rings. The minimum absolute atomic E-state index is 0.0300. The van der Waals surface area contributed by atoms with Gasteiger partial charge in [0.1, 0.15) is 0 Å². The van der Waals surface area contributed by atoms with Crippen LogP contribution in [0.1, 0.15) is 34.3 Å². The van der Waals surface area contributed by atoms with Crippen LogP contribution in [0, 0.1) is 5.92 Å². The quantitative estimate of drug-likeness (QED) is 0.703. The summed E-state index contributed by atoms with van der Waals surface area (Å²) in [6, 6.07) is 4.14. The monoisotopic (exact) mass is 294 g/mol. The lowest BCUT2D eigenvalue weighted by molar-refractivity contribution is -0.109. The van der Waals surface area contributed by atoms with Crippen LogP contribution in [0.3, 0.4) is 0 Å². The molecule has 0 radical (unpaired) electrons. The van der Waals surface area contributed by atoms with E-state index in [1.165, 1.54) is 9.75 Å². The average Bonchev–Trinajstić information content (AvgIpc) is 2.61. The highest BCUT2D eigenvalue weighted by Crippen LogP contribution is 2.52. The molecule has 0 spiro atoms. The zero-order valence-electron chi connectivity index (χ0n) is 8.47. The number of aryl methyl sites for hydroxylation is 1. The van der Waals surface area contributed by atoms with E-state index in [0.717, 1.165) is 6.42 Å². The van der Waals surface area contributed by atoms with Crippen LogP contribution >= 0.6 is 27.3 Å². The fourth-order valence-electron chi connectivity index (χ4n) is 1.88. The van der Waals surface area contributed by atoms with Crippen molar-refractivity contribution in [3.8, 4) is 0 Å². The van der Waals surface area contributed by atoms with E-state index in [9.17, 15) is 8.78 Å². The van der Waals surface area contributed by atoms with Gasteiger partial charge in [-0.15, -0.1) is 11.3 Å². The lowest BCUT2D eigenvalue weighted by Crippen LogP contribution is -2.37. The second-order valence-electron chi connectivity index (χ2n) is 4.08. The standard InChI is InChI=1S/C11H13BrF2S/c1-2-8-3-4-9(15-8)10(12)7-5-11(13,14)6-7/h3-4,7,10H,2,5-6H2,1H3. The number of thiophene rings is 1. The van der Waals surface area contributed by atoms with Crippen molar-refractivity contribution in [3.63, 3.8) is 0 Å². The molecule has 1 fully saturated rings. The Bertz CT molecular complexity index is 340. The summed E-state index contributed by atoms with van der Waals surface area (Å²) in [5.41, 5.74) is 0. The predicted octanol–water partition coefficient (Wildman–Crippen LogP) is 4.79. The van der Waals surface area contributed by atoms with Gasteiger partial charge in [0.2, 0.25) is 5.92 Å². The van der Waals surface area contributed by atoms with E-state index in [1.807, 2.05) is 0 Å². The Hall–Kier alpha value is 0.0400. The zero-order chi connectivity index (χ0) is 11.1. The number of hydrogen-bond acceptors (Lipinski definition) is 1. The van der Waals surface area contributed by atoms with Gasteiger partial charge in [0.15, 0.2) is 0 Å². The summed E-state index contributed by atoms with van der Waals surface area (Å²) in [6.45, 7) is 2.11. The number of halogens is 3. The van der Waals surface area contributed by atoms with Crippen LogP contribution in [0.2, 0.25) is 0 Å². The number of hydrogen-bond donors (Lipinski definition) is 0. The van der Waals surface area contributed by atoms with Gasteiger partial charge in [-0.25, -0.2) is 8.78 Å². The Kier molecular flexibility index (Phi) is 3.17. The predicted molar refractivity (Wildman–Crippen MR) is 63.0 cm³/mol. The smallest absolute Gasteiger partial charge is 0.207 e. The fraction of sp³-hybridized carbons (Fsp3) is 0.636. The Morgan fingerprint density at radius 1 is 1.53 bits per heavy atom. The molecule has 0 nitrogen and oxygen atoms in total. The van der Waals surface area contributed by atoms with Crippen LogP contribution < -0.4 is 0 Å². The lowest BCUT2D eigenvalue weighted by Gasteiger charge is -2.37. The van der Waals surface area contributed by atoms with E-state index in [-0.39, 0.29) is 23.6 Å². The van der Waals surface area contributed by atoms with Crippen molar-refractivity contribution < 1.29 is 8.78 Å². The van der Waals surface area contributed by atoms with Crippen LogP contribution in [-0.4, -0.2) is 5.92 Å². The molecule has 1 aliphatic carbocycles. The van der Waals surface area contributed by atoms with E-state index in [2.05, 4.69) is 35.0 Å². The Morgan fingerprint density at radius 2 is 2.20 bits per heavy atom. The van der Waals surface area contributed by atoms with Crippen molar-refractivity contribution in [2.24, 2.45) is 5.92 Å². The van der Waals surface area contributed by atoms with Gasteiger partial charge in [0.05, 0.1) is 4.83 Å². The molecule has 2 rings (SSSR count). The molecular weight excluding hydrogens is 282 g/mol. The third-order valence-electron chi connectivity index (χ3n) is 2.84. The van der Waals surface area contributed by atoms with Gasteiger partial charge in [-0.3, -0.25) is 0 Å². The molecule has 0 amide bonds. The third-order valence-corrected chi connectivity index (χ3v) is 5.69. The maximum absolute atomic E-state index is 12.7. The number of alkyl halides is 3. The molecular formula is C11H13BrF2S. The summed E-state index contributed by atoms with van der Waals surface area (Å²) in [4.78, 5) is 2.62. The van der Waals surface area contributed by atoms with Gasteiger partial charge < -0.3 is 0 Å². The summed E-state index contributed by atoms with van der Waals surface area (Å²) in [7, 11) is 0. The normalized spacial score (nSPS) is 22.4. The van der Waals surface area contributed by atoms with Crippen molar-refractivity contribution in [2.75, 3.05) is 0 Å². The Labute approximate surface area is 101 Å². The van der Waals surface area contributed by atoms with Crippen molar-refractivity contribution in [1.29, 1.82) is 0 Å². The zero-order valence-corrected chi connectivity index (χ0v) is 10.9. The van der Waals surface area contributed by atoms with E-state index in [4.69, 9.17) is 0 Å². The van der Waals surface area contributed by atoms with E-state index in [0.29, 0.717) is 0 Å². The largest absolute Gasteiger partial charge is 0.248 e. The summed E-state index contributed by atoms with van der Waals surface area (Å²) in [5.74, 6) is -2.31. The molecule has 84 valence electrons. The minimum atomic E-state index is -2.42. The SMILES string of the molecule is CCc1ccc(C(Br)C2CC(F)(F)C2)s1. The second-order valence-corrected chi connectivity index (χ2v) is 6.27. The van der Waals surface area contributed by atoms with Crippen molar-refractivity contribution >= 4 is 27.3 Å². The second kappa shape index (κ2) is 4.13. The van der Waals surface area contributed by atoms with Crippen LogP contribution in [0.15, 0.2) is 12.1 Å². The highest BCUT2D eigenvalue weighted by Gasteiger charge is 2.48. The molecule has 4 heteroatoms. The first-order valence-electron chi connectivity index (χ1n) is 5.12. The molecule has 1 atom stereocenters. The first-order chi connectivity index (χ1) is 7.02. The fourth-order valence-corrected chi connectivity index (χ4v) is 3.71. The summed E-state index contributed by atoms with van der Waals surface area (Å²) in [6.07, 6.45) is 1.08. The molecule has 1 heterocycles. The lowest BCUT2D eigenvalue weighted by atomic mass is 9.79. The van der Waals surface area contributed by atoms with Gasteiger partial charge in [0, 0.05) is 22.6 Å².